The third-order valence-corrected chi connectivity index (χ3v) is 3.37. The molecule has 0 saturated heterocycles. The number of nitrogens with two attached hydrogens (primary N) is 1. The van der Waals surface area contributed by atoms with E-state index < -0.39 is 0 Å². The van der Waals surface area contributed by atoms with Crippen molar-refractivity contribution in [2.75, 3.05) is 6.54 Å². The van der Waals surface area contributed by atoms with Crippen molar-refractivity contribution < 1.29 is 4.79 Å². The number of aromatic amines is 1. The molecule has 0 spiro atoms. The van der Waals surface area contributed by atoms with E-state index in [9.17, 15) is 4.79 Å². The van der Waals surface area contributed by atoms with E-state index in [-0.39, 0.29) is 11.9 Å². The minimum Gasteiger partial charge on any atom is -0.361 e. The number of rotatable bonds is 6. The molecule has 0 aliphatic carbocycles. The Bertz CT molecular complexity index is 547. The Morgan fingerprint density at radius 2 is 2.21 bits per heavy atom. The summed E-state index contributed by atoms with van der Waals surface area (Å²) in [4.78, 5) is 14.8. The van der Waals surface area contributed by atoms with Crippen molar-refractivity contribution >= 4 is 16.8 Å². The average molecular weight is 259 g/mol. The lowest BCUT2D eigenvalue weighted by Gasteiger charge is -2.09. The third kappa shape index (κ3) is 3.35. The molecule has 0 bridgehead atoms. The van der Waals surface area contributed by atoms with E-state index in [1.807, 2.05) is 25.3 Å². The number of benzene rings is 1. The zero-order valence-electron chi connectivity index (χ0n) is 11.3. The molecule has 1 aromatic carbocycles. The van der Waals surface area contributed by atoms with Crippen LogP contribution in [0.25, 0.3) is 10.9 Å². The molecule has 0 saturated carbocycles. The van der Waals surface area contributed by atoms with Gasteiger partial charge in [-0.2, -0.15) is 0 Å². The van der Waals surface area contributed by atoms with Gasteiger partial charge in [0.1, 0.15) is 0 Å². The second-order valence-corrected chi connectivity index (χ2v) is 4.77. The highest BCUT2D eigenvalue weighted by Gasteiger charge is 2.09. The van der Waals surface area contributed by atoms with Crippen LogP contribution in [0.15, 0.2) is 30.5 Å². The van der Waals surface area contributed by atoms with Crippen LogP contribution in [0.4, 0.5) is 0 Å². The summed E-state index contributed by atoms with van der Waals surface area (Å²) in [5.41, 5.74) is 8.11. The number of hydrogen-bond acceptors (Lipinski definition) is 2. The maximum atomic E-state index is 11.5. The van der Waals surface area contributed by atoms with Gasteiger partial charge in [-0.3, -0.25) is 4.79 Å². The molecule has 0 radical (unpaired) electrons. The molecule has 1 atom stereocenters. The summed E-state index contributed by atoms with van der Waals surface area (Å²) in [6.07, 6.45) is 4.59. The van der Waals surface area contributed by atoms with Gasteiger partial charge in [-0.1, -0.05) is 25.1 Å². The number of nitrogens with one attached hydrogen (secondary N) is 2. The SMILES string of the molecule is CC[C@H](N)C(=O)NCCCc1c[nH]c2ccccc12. The van der Waals surface area contributed by atoms with Gasteiger partial charge in [0, 0.05) is 23.6 Å². The van der Waals surface area contributed by atoms with Gasteiger partial charge in [0.05, 0.1) is 6.04 Å². The van der Waals surface area contributed by atoms with Crippen LogP contribution in [0.3, 0.4) is 0 Å². The van der Waals surface area contributed by atoms with Crippen LogP contribution in [0.5, 0.6) is 0 Å². The summed E-state index contributed by atoms with van der Waals surface area (Å²) in [7, 11) is 0. The molecule has 0 unspecified atom stereocenters. The Morgan fingerprint density at radius 3 is 3.00 bits per heavy atom. The van der Waals surface area contributed by atoms with Gasteiger partial charge in [-0.05, 0) is 30.9 Å². The number of para-hydroxylation sites is 1. The predicted octanol–water partition coefficient (Wildman–Crippen LogP) is 1.95. The minimum absolute atomic E-state index is 0.0542. The Labute approximate surface area is 113 Å². The number of carbonyl (C=O) groups is 1. The largest absolute Gasteiger partial charge is 0.361 e. The summed E-state index contributed by atoms with van der Waals surface area (Å²) in [6, 6.07) is 7.87. The second-order valence-electron chi connectivity index (χ2n) is 4.77. The molecule has 102 valence electrons. The number of aromatic nitrogens is 1. The van der Waals surface area contributed by atoms with E-state index in [2.05, 4.69) is 22.4 Å². The molecule has 1 aromatic heterocycles. The molecule has 2 rings (SSSR count). The standard InChI is InChI=1S/C15H21N3O/c1-2-13(16)15(19)17-9-5-6-11-10-18-14-8-4-3-7-12(11)14/h3-4,7-8,10,13,18H,2,5-6,9,16H2,1H3,(H,17,19)/t13-/m0/s1. The van der Waals surface area contributed by atoms with Crippen LogP contribution in [0.2, 0.25) is 0 Å². The van der Waals surface area contributed by atoms with Crippen LogP contribution < -0.4 is 11.1 Å². The molecule has 4 heteroatoms. The van der Waals surface area contributed by atoms with Gasteiger partial charge in [-0.25, -0.2) is 0 Å². The molecule has 0 aliphatic heterocycles. The molecular weight excluding hydrogens is 238 g/mol. The van der Waals surface area contributed by atoms with Crippen LogP contribution in [-0.4, -0.2) is 23.5 Å². The maximum absolute atomic E-state index is 11.5. The number of amides is 1. The second kappa shape index (κ2) is 6.38. The topological polar surface area (TPSA) is 70.9 Å². The van der Waals surface area contributed by atoms with E-state index in [1.54, 1.807) is 0 Å². The first kappa shape index (κ1) is 13.6. The van der Waals surface area contributed by atoms with Crippen molar-refractivity contribution in [2.24, 2.45) is 5.73 Å². The third-order valence-electron chi connectivity index (χ3n) is 3.37. The lowest BCUT2D eigenvalue weighted by atomic mass is 10.1. The van der Waals surface area contributed by atoms with E-state index in [1.165, 1.54) is 10.9 Å². The fourth-order valence-corrected chi connectivity index (χ4v) is 2.15. The fourth-order valence-electron chi connectivity index (χ4n) is 2.15. The maximum Gasteiger partial charge on any atom is 0.236 e. The smallest absolute Gasteiger partial charge is 0.236 e. The summed E-state index contributed by atoms with van der Waals surface area (Å²) in [5.74, 6) is -0.0542. The van der Waals surface area contributed by atoms with E-state index in [4.69, 9.17) is 5.73 Å². The first-order valence-corrected chi connectivity index (χ1v) is 6.80. The van der Waals surface area contributed by atoms with Crippen molar-refractivity contribution in [1.29, 1.82) is 0 Å². The highest BCUT2D eigenvalue weighted by Crippen LogP contribution is 2.18. The number of carbonyl (C=O) groups excluding carboxylic acids is 1. The van der Waals surface area contributed by atoms with Crippen LogP contribution in [-0.2, 0) is 11.2 Å². The number of aryl methyl sites for hydroxylation is 1. The zero-order valence-corrected chi connectivity index (χ0v) is 11.3. The normalized spacial score (nSPS) is 12.5. The molecule has 0 aliphatic rings. The fraction of sp³-hybridized carbons (Fsp3) is 0.400. The molecule has 4 N–H and O–H groups in total. The molecule has 4 nitrogen and oxygen atoms in total. The van der Waals surface area contributed by atoms with Crippen molar-refractivity contribution in [2.45, 2.75) is 32.2 Å². The van der Waals surface area contributed by atoms with Crippen molar-refractivity contribution in [3.63, 3.8) is 0 Å². The van der Waals surface area contributed by atoms with Crippen molar-refractivity contribution in [1.82, 2.24) is 10.3 Å². The lowest BCUT2D eigenvalue weighted by molar-refractivity contribution is -0.122. The summed E-state index contributed by atoms with van der Waals surface area (Å²) >= 11 is 0. The van der Waals surface area contributed by atoms with E-state index >= 15 is 0 Å². The van der Waals surface area contributed by atoms with E-state index in [0.29, 0.717) is 13.0 Å². The molecule has 1 heterocycles. The Hall–Kier alpha value is -1.81. The lowest BCUT2D eigenvalue weighted by Crippen LogP contribution is -2.40. The van der Waals surface area contributed by atoms with Crippen molar-refractivity contribution in [3.8, 4) is 0 Å². The molecule has 1 amide bonds. The average Bonchev–Trinajstić information content (AvgIpc) is 2.86. The Balaban J connectivity index is 1.82. The number of hydrogen-bond donors (Lipinski definition) is 3. The van der Waals surface area contributed by atoms with Crippen LogP contribution >= 0.6 is 0 Å². The predicted molar refractivity (Wildman–Crippen MR) is 77.9 cm³/mol. The Kier molecular flexibility index (Phi) is 4.58. The van der Waals surface area contributed by atoms with Gasteiger partial charge in [0.2, 0.25) is 5.91 Å². The van der Waals surface area contributed by atoms with E-state index in [0.717, 1.165) is 18.4 Å². The summed E-state index contributed by atoms with van der Waals surface area (Å²) < 4.78 is 0. The summed E-state index contributed by atoms with van der Waals surface area (Å²) in [6.45, 7) is 2.59. The molecule has 2 aromatic rings. The molecule has 0 fully saturated rings. The highest BCUT2D eigenvalue weighted by atomic mass is 16.2. The molecular formula is C15H21N3O. The summed E-state index contributed by atoms with van der Waals surface area (Å²) in [5, 5.41) is 4.13. The minimum atomic E-state index is -0.381. The van der Waals surface area contributed by atoms with Gasteiger partial charge < -0.3 is 16.0 Å². The quantitative estimate of drug-likeness (QED) is 0.694. The zero-order chi connectivity index (χ0) is 13.7. The monoisotopic (exact) mass is 259 g/mol. The number of H-pyrrole nitrogens is 1. The number of fused-ring (bicyclic) bond motifs is 1. The van der Waals surface area contributed by atoms with Crippen LogP contribution in [0.1, 0.15) is 25.3 Å². The van der Waals surface area contributed by atoms with Gasteiger partial charge in [0.25, 0.3) is 0 Å². The van der Waals surface area contributed by atoms with Gasteiger partial charge >= 0.3 is 0 Å². The van der Waals surface area contributed by atoms with Crippen molar-refractivity contribution in [3.05, 3.63) is 36.0 Å². The first-order valence-electron chi connectivity index (χ1n) is 6.80. The van der Waals surface area contributed by atoms with Gasteiger partial charge in [0.15, 0.2) is 0 Å². The first-order chi connectivity index (χ1) is 9.22. The molecule has 19 heavy (non-hydrogen) atoms. The highest BCUT2D eigenvalue weighted by molar-refractivity contribution is 5.83. The van der Waals surface area contributed by atoms with Crippen LogP contribution in [0, 0.1) is 0 Å². The Morgan fingerprint density at radius 1 is 1.42 bits per heavy atom. The van der Waals surface area contributed by atoms with Gasteiger partial charge in [-0.15, -0.1) is 0 Å².